The van der Waals surface area contributed by atoms with Gasteiger partial charge in [0.25, 0.3) is 0 Å². The summed E-state index contributed by atoms with van der Waals surface area (Å²) in [6.07, 6.45) is 1.69. The maximum Gasteiger partial charge on any atom is 0.200 e. The van der Waals surface area contributed by atoms with Crippen molar-refractivity contribution in [1.29, 1.82) is 0 Å². The fourth-order valence-corrected chi connectivity index (χ4v) is 2.83. The largest absolute Gasteiger partial charge is 0.497 e. The van der Waals surface area contributed by atoms with Crippen LogP contribution < -0.4 is 10.2 Å². The van der Waals surface area contributed by atoms with E-state index in [9.17, 15) is 4.79 Å². The first-order valence-electron chi connectivity index (χ1n) is 7.63. The molecule has 0 unspecified atom stereocenters. The lowest BCUT2D eigenvalue weighted by atomic mass is 10.1. The number of fused-ring (bicyclic) bond motifs is 2. The van der Waals surface area contributed by atoms with Crippen LogP contribution in [0.5, 0.6) is 5.75 Å². The van der Waals surface area contributed by atoms with Gasteiger partial charge in [0.2, 0.25) is 5.43 Å². The lowest BCUT2D eigenvalue weighted by Crippen LogP contribution is -2.02. The van der Waals surface area contributed by atoms with E-state index in [1.807, 2.05) is 49.4 Å². The minimum atomic E-state index is -0.0281. The lowest BCUT2D eigenvalue weighted by molar-refractivity contribution is 0.414. The molecule has 0 bridgehead atoms. The van der Waals surface area contributed by atoms with Gasteiger partial charge in [0.1, 0.15) is 16.9 Å². The van der Waals surface area contributed by atoms with E-state index in [1.54, 1.807) is 19.4 Å². The van der Waals surface area contributed by atoms with Gasteiger partial charge < -0.3 is 9.15 Å². The molecule has 2 aromatic heterocycles. The molecule has 2 aromatic carbocycles. The molecule has 4 aromatic rings. The highest BCUT2D eigenvalue weighted by molar-refractivity contribution is 5.92. The Morgan fingerprint density at radius 1 is 0.958 bits per heavy atom. The third-order valence-electron chi connectivity index (χ3n) is 4.09. The van der Waals surface area contributed by atoms with Crippen molar-refractivity contribution >= 4 is 21.9 Å². The quantitative estimate of drug-likeness (QED) is 0.517. The Morgan fingerprint density at radius 3 is 2.50 bits per heavy atom. The zero-order chi connectivity index (χ0) is 16.7. The lowest BCUT2D eigenvalue weighted by Gasteiger charge is -2.06. The van der Waals surface area contributed by atoms with Crippen molar-refractivity contribution in [2.24, 2.45) is 0 Å². The number of benzene rings is 2. The molecule has 2 heterocycles. The van der Waals surface area contributed by atoms with Gasteiger partial charge in [-0.25, -0.2) is 0 Å². The minimum absolute atomic E-state index is 0.0281. The molecule has 24 heavy (non-hydrogen) atoms. The van der Waals surface area contributed by atoms with Crippen LogP contribution in [0.4, 0.5) is 0 Å². The van der Waals surface area contributed by atoms with Crippen molar-refractivity contribution in [3.05, 3.63) is 70.5 Å². The summed E-state index contributed by atoms with van der Waals surface area (Å²) in [5.74, 6) is 0.723. The maximum atomic E-state index is 12.8. The van der Waals surface area contributed by atoms with Gasteiger partial charge in [-0.1, -0.05) is 11.6 Å². The Labute approximate surface area is 138 Å². The van der Waals surface area contributed by atoms with Gasteiger partial charge in [0.15, 0.2) is 0 Å². The molecule has 0 spiro atoms. The number of methoxy groups -OCH3 is 1. The molecular formula is C20H15NO3. The Balaban J connectivity index is 1.98. The molecule has 0 amide bonds. The molecule has 0 aliphatic rings. The fraction of sp³-hybridized carbons (Fsp3) is 0.100. The highest BCUT2D eigenvalue weighted by Gasteiger charge is 2.10. The second-order valence-electron chi connectivity index (χ2n) is 5.72. The smallest absolute Gasteiger partial charge is 0.200 e. The molecule has 0 radical (unpaired) electrons. The van der Waals surface area contributed by atoms with Crippen LogP contribution in [0, 0.1) is 6.92 Å². The van der Waals surface area contributed by atoms with E-state index in [1.165, 1.54) is 0 Å². The van der Waals surface area contributed by atoms with Crippen molar-refractivity contribution < 1.29 is 9.15 Å². The first-order chi connectivity index (χ1) is 11.7. The van der Waals surface area contributed by atoms with Crippen LogP contribution in [0.3, 0.4) is 0 Å². The van der Waals surface area contributed by atoms with Crippen LogP contribution in [-0.4, -0.2) is 12.1 Å². The average molecular weight is 317 g/mol. The number of hydrogen-bond donors (Lipinski definition) is 0. The third-order valence-corrected chi connectivity index (χ3v) is 4.09. The summed E-state index contributed by atoms with van der Waals surface area (Å²) in [5, 5.41) is 1.15. The monoisotopic (exact) mass is 317 g/mol. The van der Waals surface area contributed by atoms with Gasteiger partial charge in [-0.2, -0.15) is 0 Å². The summed E-state index contributed by atoms with van der Waals surface area (Å²) in [7, 11) is 1.61. The number of pyridine rings is 1. The molecule has 4 rings (SSSR count). The standard InChI is InChI=1S/C20H15NO3/c1-12-3-5-18-15(9-12)20(22)16-10-13(4-6-19(16)24-18)17-11-14(23-2)7-8-21-17/h3-11H,1-2H3. The van der Waals surface area contributed by atoms with Crippen LogP contribution in [-0.2, 0) is 0 Å². The molecule has 0 aliphatic carbocycles. The van der Waals surface area contributed by atoms with Gasteiger partial charge in [0.05, 0.1) is 23.6 Å². The van der Waals surface area contributed by atoms with Gasteiger partial charge in [-0.05, 0) is 43.3 Å². The molecule has 0 aliphatic heterocycles. The highest BCUT2D eigenvalue weighted by Crippen LogP contribution is 2.26. The molecule has 0 saturated heterocycles. The Bertz CT molecular complexity index is 1130. The van der Waals surface area contributed by atoms with E-state index in [0.29, 0.717) is 21.9 Å². The van der Waals surface area contributed by atoms with Crippen LogP contribution in [0.1, 0.15) is 5.56 Å². The van der Waals surface area contributed by atoms with Gasteiger partial charge in [0, 0.05) is 17.8 Å². The first kappa shape index (κ1) is 14.5. The first-order valence-corrected chi connectivity index (χ1v) is 7.63. The predicted octanol–water partition coefficient (Wildman–Crippen LogP) is 4.33. The van der Waals surface area contributed by atoms with E-state index in [4.69, 9.17) is 9.15 Å². The summed E-state index contributed by atoms with van der Waals surface area (Å²) in [6, 6.07) is 14.8. The summed E-state index contributed by atoms with van der Waals surface area (Å²) in [5.41, 5.74) is 3.77. The van der Waals surface area contributed by atoms with E-state index < -0.39 is 0 Å². The highest BCUT2D eigenvalue weighted by atomic mass is 16.5. The zero-order valence-electron chi connectivity index (χ0n) is 13.4. The number of rotatable bonds is 2. The van der Waals surface area contributed by atoms with Crippen LogP contribution in [0.15, 0.2) is 63.9 Å². The maximum absolute atomic E-state index is 12.8. The van der Waals surface area contributed by atoms with Crippen molar-refractivity contribution in [2.45, 2.75) is 6.92 Å². The molecule has 0 N–H and O–H groups in total. The second-order valence-corrected chi connectivity index (χ2v) is 5.72. The van der Waals surface area contributed by atoms with Crippen molar-refractivity contribution in [2.75, 3.05) is 7.11 Å². The number of aromatic nitrogens is 1. The van der Waals surface area contributed by atoms with Crippen LogP contribution in [0.25, 0.3) is 33.2 Å². The van der Waals surface area contributed by atoms with Crippen molar-refractivity contribution in [3.63, 3.8) is 0 Å². The summed E-state index contributed by atoms with van der Waals surface area (Å²) in [6.45, 7) is 1.96. The number of nitrogens with zero attached hydrogens (tertiary/aromatic N) is 1. The molecule has 0 saturated carbocycles. The van der Waals surface area contributed by atoms with E-state index in [2.05, 4.69) is 4.98 Å². The molecule has 0 atom stereocenters. The van der Waals surface area contributed by atoms with Gasteiger partial charge in [-0.3, -0.25) is 9.78 Å². The molecular weight excluding hydrogens is 302 g/mol. The topological polar surface area (TPSA) is 52.3 Å². The third kappa shape index (κ3) is 2.33. The van der Waals surface area contributed by atoms with E-state index in [-0.39, 0.29) is 5.43 Å². The summed E-state index contributed by atoms with van der Waals surface area (Å²) in [4.78, 5) is 17.2. The molecule has 118 valence electrons. The van der Waals surface area contributed by atoms with E-state index >= 15 is 0 Å². The molecule has 4 heteroatoms. The SMILES string of the molecule is COc1ccnc(-c2ccc3oc4ccc(C)cc4c(=O)c3c2)c1. The Kier molecular flexibility index (Phi) is 3.31. The summed E-state index contributed by atoms with van der Waals surface area (Å²) < 4.78 is 11.1. The van der Waals surface area contributed by atoms with Crippen molar-refractivity contribution in [3.8, 4) is 17.0 Å². The summed E-state index contributed by atoms with van der Waals surface area (Å²) >= 11 is 0. The zero-order valence-corrected chi connectivity index (χ0v) is 13.4. The average Bonchev–Trinajstić information content (AvgIpc) is 2.62. The normalized spacial score (nSPS) is 11.1. The van der Waals surface area contributed by atoms with Crippen LogP contribution in [0.2, 0.25) is 0 Å². The fourth-order valence-electron chi connectivity index (χ4n) is 2.83. The van der Waals surface area contributed by atoms with Gasteiger partial charge in [-0.15, -0.1) is 0 Å². The molecule has 4 nitrogen and oxygen atoms in total. The van der Waals surface area contributed by atoms with Crippen LogP contribution >= 0.6 is 0 Å². The number of ether oxygens (including phenoxy) is 1. The number of hydrogen-bond acceptors (Lipinski definition) is 4. The Morgan fingerprint density at radius 2 is 1.71 bits per heavy atom. The Hall–Kier alpha value is -3.14. The second kappa shape index (κ2) is 5.49. The number of aryl methyl sites for hydroxylation is 1. The predicted molar refractivity (Wildman–Crippen MR) is 94.5 cm³/mol. The van der Waals surface area contributed by atoms with Crippen molar-refractivity contribution in [1.82, 2.24) is 4.98 Å². The minimum Gasteiger partial charge on any atom is -0.497 e. The van der Waals surface area contributed by atoms with E-state index in [0.717, 1.165) is 22.6 Å². The molecule has 0 fully saturated rings. The van der Waals surface area contributed by atoms with Gasteiger partial charge >= 0.3 is 0 Å².